The van der Waals surface area contributed by atoms with Gasteiger partial charge in [0.1, 0.15) is 11.4 Å². The molecule has 1 heterocycles. The summed E-state index contributed by atoms with van der Waals surface area (Å²) in [5.74, 6) is 0.508. The van der Waals surface area contributed by atoms with Crippen LogP contribution in [0.3, 0.4) is 0 Å². The van der Waals surface area contributed by atoms with Gasteiger partial charge in [-0.1, -0.05) is 36.4 Å². The van der Waals surface area contributed by atoms with Crippen LogP contribution >= 0.6 is 0 Å². The van der Waals surface area contributed by atoms with Gasteiger partial charge < -0.3 is 10.1 Å². The van der Waals surface area contributed by atoms with E-state index in [9.17, 15) is 9.59 Å². The number of nitrogens with one attached hydrogen (secondary N) is 1. The van der Waals surface area contributed by atoms with Crippen molar-refractivity contribution in [1.29, 1.82) is 0 Å². The van der Waals surface area contributed by atoms with Crippen molar-refractivity contribution in [3.63, 3.8) is 0 Å². The molecule has 0 bridgehead atoms. The molecule has 0 radical (unpaired) electrons. The Morgan fingerprint density at radius 2 is 1.96 bits per heavy atom. The van der Waals surface area contributed by atoms with Gasteiger partial charge in [-0.3, -0.25) is 9.59 Å². The van der Waals surface area contributed by atoms with Crippen LogP contribution in [0.1, 0.15) is 41.8 Å². The molecular weight excluding hydrogens is 314 g/mol. The molecule has 0 saturated carbocycles. The number of rotatable bonds is 4. The summed E-state index contributed by atoms with van der Waals surface area (Å²) in [6.07, 6.45) is 3.63. The second-order valence-corrected chi connectivity index (χ2v) is 6.75. The average Bonchev–Trinajstić information content (AvgIpc) is 2.58. The summed E-state index contributed by atoms with van der Waals surface area (Å²) < 4.78 is 5.84. The second kappa shape index (κ2) is 6.93. The largest absolute Gasteiger partial charge is 0.487 e. The average molecular weight is 335 g/mol. The van der Waals surface area contributed by atoms with Gasteiger partial charge in [-0.2, -0.15) is 0 Å². The lowest BCUT2D eigenvalue weighted by molar-refractivity contribution is -0.116. The van der Waals surface area contributed by atoms with E-state index in [1.807, 2.05) is 50.2 Å². The first-order chi connectivity index (χ1) is 11.9. The van der Waals surface area contributed by atoms with Crippen LogP contribution < -0.4 is 10.1 Å². The first-order valence-corrected chi connectivity index (χ1v) is 8.29. The van der Waals surface area contributed by atoms with E-state index in [1.54, 1.807) is 18.2 Å². The van der Waals surface area contributed by atoms with E-state index >= 15 is 0 Å². The number of benzene rings is 2. The highest BCUT2D eigenvalue weighted by Gasteiger charge is 2.32. The van der Waals surface area contributed by atoms with Crippen LogP contribution in [0.4, 0.5) is 0 Å². The van der Waals surface area contributed by atoms with Crippen LogP contribution in [0.25, 0.3) is 6.08 Å². The molecular formula is C21H21NO3. The number of ketones is 1. The van der Waals surface area contributed by atoms with E-state index in [0.29, 0.717) is 24.3 Å². The van der Waals surface area contributed by atoms with Crippen molar-refractivity contribution in [2.45, 2.75) is 32.4 Å². The lowest BCUT2D eigenvalue weighted by Gasteiger charge is -2.31. The normalized spacial score (nSPS) is 15.5. The Balaban J connectivity index is 1.63. The van der Waals surface area contributed by atoms with Crippen LogP contribution in [-0.4, -0.2) is 17.3 Å². The van der Waals surface area contributed by atoms with Gasteiger partial charge in [0.2, 0.25) is 5.91 Å². The zero-order valence-corrected chi connectivity index (χ0v) is 14.4. The number of Topliss-reactive ketones (excluding diaryl/α,β-unsaturated/α-hetero) is 1. The highest BCUT2D eigenvalue weighted by atomic mass is 16.5. The fourth-order valence-corrected chi connectivity index (χ4v) is 2.79. The van der Waals surface area contributed by atoms with Crippen molar-refractivity contribution in [3.8, 4) is 5.75 Å². The molecule has 4 heteroatoms. The lowest BCUT2D eigenvalue weighted by Crippen LogP contribution is -2.36. The summed E-state index contributed by atoms with van der Waals surface area (Å²) in [5, 5.41) is 2.83. The standard InChI is InChI=1S/C21H21NO3/c1-21(2)13-18(23)17-12-16(8-10-19(17)25-21)14-22-20(24)11-9-15-6-4-3-5-7-15/h3-12H,13-14H2,1-2H3,(H,22,24). The van der Waals surface area contributed by atoms with E-state index in [1.165, 1.54) is 6.08 Å². The molecule has 0 aromatic heterocycles. The Kier molecular flexibility index (Phi) is 4.70. The Bertz CT molecular complexity index is 822. The predicted molar refractivity (Wildman–Crippen MR) is 97.4 cm³/mol. The maximum Gasteiger partial charge on any atom is 0.244 e. The molecule has 3 rings (SSSR count). The highest BCUT2D eigenvalue weighted by Crippen LogP contribution is 2.33. The summed E-state index contributed by atoms with van der Waals surface area (Å²) in [7, 11) is 0. The van der Waals surface area contributed by atoms with Crippen molar-refractivity contribution in [3.05, 3.63) is 71.3 Å². The van der Waals surface area contributed by atoms with E-state index in [4.69, 9.17) is 4.74 Å². The summed E-state index contributed by atoms with van der Waals surface area (Å²) in [4.78, 5) is 24.2. The fraction of sp³-hybridized carbons (Fsp3) is 0.238. The molecule has 1 aliphatic rings. The van der Waals surface area contributed by atoms with Crippen molar-refractivity contribution in [2.75, 3.05) is 0 Å². The van der Waals surface area contributed by atoms with E-state index in [2.05, 4.69) is 5.32 Å². The molecule has 0 fully saturated rings. The maximum atomic E-state index is 12.3. The Hall–Kier alpha value is -2.88. The van der Waals surface area contributed by atoms with Crippen LogP contribution in [0.5, 0.6) is 5.75 Å². The predicted octanol–water partition coefficient (Wildman–Crippen LogP) is 3.76. The van der Waals surface area contributed by atoms with Crippen molar-refractivity contribution in [2.24, 2.45) is 0 Å². The van der Waals surface area contributed by atoms with Gasteiger partial charge in [0.25, 0.3) is 0 Å². The number of ether oxygens (including phenoxy) is 1. The van der Waals surface area contributed by atoms with Gasteiger partial charge in [0.05, 0.1) is 12.0 Å². The number of hydrogen-bond donors (Lipinski definition) is 1. The van der Waals surface area contributed by atoms with Gasteiger partial charge >= 0.3 is 0 Å². The molecule has 0 atom stereocenters. The maximum absolute atomic E-state index is 12.3. The Labute approximate surface area is 147 Å². The van der Waals surface area contributed by atoms with Crippen LogP contribution in [-0.2, 0) is 11.3 Å². The van der Waals surface area contributed by atoms with Gasteiger partial charge in [0, 0.05) is 12.6 Å². The number of hydrogen-bond acceptors (Lipinski definition) is 3. The van der Waals surface area contributed by atoms with Crippen molar-refractivity contribution >= 4 is 17.8 Å². The molecule has 2 aromatic rings. The fourth-order valence-electron chi connectivity index (χ4n) is 2.79. The Morgan fingerprint density at radius 3 is 2.72 bits per heavy atom. The Morgan fingerprint density at radius 1 is 1.20 bits per heavy atom. The highest BCUT2D eigenvalue weighted by molar-refractivity contribution is 6.00. The molecule has 128 valence electrons. The zero-order chi connectivity index (χ0) is 17.9. The molecule has 0 saturated heterocycles. The van der Waals surface area contributed by atoms with Gasteiger partial charge in [0.15, 0.2) is 5.78 Å². The summed E-state index contributed by atoms with van der Waals surface area (Å²) in [5.41, 5.74) is 1.96. The molecule has 2 aromatic carbocycles. The number of amides is 1. The van der Waals surface area contributed by atoms with Gasteiger partial charge in [-0.15, -0.1) is 0 Å². The number of carbonyl (C=O) groups excluding carboxylic acids is 2. The first kappa shape index (κ1) is 17.0. The topological polar surface area (TPSA) is 55.4 Å². The third kappa shape index (κ3) is 4.35. The number of carbonyl (C=O) groups is 2. The molecule has 1 amide bonds. The minimum absolute atomic E-state index is 0.0726. The van der Waals surface area contributed by atoms with Crippen LogP contribution in [0.15, 0.2) is 54.6 Å². The zero-order valence-electron chi connectivity index (χ0n) is 14.4. The summed E-state index contributed by atoms with van der Waals surface area (Å²) in [6.45, 7) is 4.17. The van der Waals surface area contributed by atoms with E-state index in [-0.39, 0.29) is 11.7 Å². The van der Waals surface area contributed by atoms with Crippen molar-refractivity contribution < 1.29 is 14.3 Å². The van der Waals surface area contributed by atoms with Gasteiger partial charge in [-0.05, 0) is 43.2 Å². The SMILES string of the molecule is CC1(C)CC(=O)c2cc(CNC(=O)C=Cc3ccccc3)ccc2O1. The third-order valence-corrected chi connectivity index (χ3v) is 4.01. The molecule has 1 aliphatic heterocycles. The molecule has 25 heavy (non-hydrogen) atoms. The summed E-state index contributed by atoms with van der Waals surface area (Å²) >= 11 is 0. The monoisotopic (exact) mass is 335 g/mol. The third-order valence-electron chi connectivity index (χ3n) is 4.01. The molecule has 1 N–H and O–H groups in total. The molecule has 0 unspecified atom stereocenters. The first-order valence-electron chi connectivity index (χ1n) is 8.29. The molecule has 0 aliphatic carbocycles. The van der Waals surface area contributed by atoms with Crippen LogP contribution in [0.2, 0.25) is 0 Å². The van der Waals surface area contributed by atoms with Crippen molar-refractivity contribution in [1.82, 2.24) is 5.32 Å². The van der Waals surface area contributed by atoms with Gasteiger partial charge in [-0.25, -0.2) is 0 Å². The van der Waals surface area contributed by atoms with E-state index in [0.717, 1.165) is 11.1 Å². The minimum Gasteiger partial charge on any atom is -0.487 e. The lowest BCUT2D eigenvalue weighted by atomic mass is 9.92. The summed E-state index contributed by atoms with van der Waals surface area (Å²) in [6, 6.07) is 15.1. The number of fused-ring (bicyclic) bond motifs is 1. The smallest absolute Gasteiger partial charge is 0.244 e. The molecule has 4 nitrogen and oxygen atoms in total. The quantitative estimate of drug-likeness (QED) is 0.866. The second-order valence-electron chi connectivity index (χ2n) is 6.75. The minimum atomic E-state index is -0.470. The molecule has 0 spiro atoms. The van der Waals surface area contributed by atoms with Crippen LogP contribution in [0, 0.1) is 0 Å². The van der Waals surface area contributed by atoms with E-state index < -0.39 is 5.60 Å².